The zero-order valence-corrected chi connectivity index (χ0v) is 11.9. The fourth-order valence-electron chi connectivity index (χ4n) is 4.87. The summed E-state index contributed by atoms with van der Waals surface area (Å²) in [6.07, 6.45) is 8.80. The highest BCUT2D eigenvalue weighted by molar-refractivity contribution is 5.11. The second-order valence-electron chi connectivity index (χ2n) is 7.34. The zero-order valence-electron chi connectivity index (χ0n) is 11.9. The van der Waals surface area contributed by atoms with E-state index >= 15 is 0 Å². The van der Waals surface area contributed by atoms with Crippen molar-refractivity contribution in [3.63, 3.8) is 0 Å². The summed E-state index contributed by atoms with van der Waals surface area (Å²) < 4.78 is 0. The van der Waals surface area contributed by atoms with Gasteiger partial charge >= 0.3 is 0 Å². The minimum Gasteiger partial charge on any atom is -0.300 e. The Kier molecular flexibility index (Phi) is 3.01. The molecule has 4 atom stereocenters. The largest absolute Gasteiger partial charge is 0.300 e. The minimum absolute atomic E-state index is 0.679. The predicted molar refractivity (Wildman–Crippen MR) is 73.0 cm³/mol. The fraction of sp³-hybridized carbons (Fsp3) is 1.00. The molecule has 0 bridgehead atoms. The Labute approximate surface area is 107 Å². The number of nitrogens with zero attached hydrogens (tertiary/aromatic N) is 1. The van der Waals surface area contributed by atoms with Crippen LogP contribution in [0.15, 0.2) is 0 Å². The van der Waals surface area contributed by atoms with Gasteiger partial charge in [-0.2, -0.15) is 0 Å². The van der Waals surface area contributed by atoms with Crippen molar-refractivity contribution in [2.24, 2.45) is 23.2 Å². The summed E-state index contributed by atoms with van der Waals surface area (Å²) in [5.74, 6) is 3.11. The summed E-state index contributed by atoms with van der Waals surface area (Å²) in [5.41, 5.74) is 0.679. The maximum Gasteiger partial charge on any atom is 0.0126 e. The molecule has 0 aromatic carbocycles. The van der Waals surface area contributed by atoms with Gasteiger partial charge < -0.3 is 4.90 Å². The third-order valence-corrected chi connectivity index (χ3v) is 6.27. The normalized spacial score (nSPS) is 45.4. The van der Waals surface area contributed by atoms with E-state index in [2.05, 4.69) is 25.7 Å². The first-order chi connectivity index (χ1) is 8.14. The molecule has 3 fully saturated rings. The molecule has 0 aromatic rings. The molecule has 3 rings (SSSR count). The summed E-state index contributed by atoms with van der Waals surface area (Å²) in [5, 5.41) is 0. The topological polar surface area (TPSA) is 3.24 Å². The molecule has 0 radical (unpaired) electrons. The van der Waals surface area contributed by atoms with Gasteiger partial charge in [-0.1, -0.05) is 33.6 Å². The molecule has 1 heterocycles. The molecule has 2 saturated carbocycles. The SMILES string of the molecule is CCC1C[C@H]2[C@@H](CC1N1CCCCC1)C2(C)C. The Morgan fingerprint density at radius 3 is 2.29 bits per heavy atom. The van der Waals surface area contributed by atoms with Gasteiger partial charge in [-0.3, -0.25) is 0 Å². The molecule has 1 nitrogen and oxygen atoms in total. The summed E-state index contributed by atoms with van der Waals surface area (Å²) in [6.45, 7) is 10.2. The lowest BCUT2D eigenvalue weighted by Crippen LogP contribution is -2.45. The van der Waals surface area contributed by atoms with Crippen molar-refractivity contribution in [3.8, 4) is 0 Å². The van der Waals surface area contributed by atoms with Crippen molar-refractivity contribution in [3.05, 3.63) is 0 Å². The van der Waals surface area contributed by atoms with E-state index in [0.29, 0.717) is 5.41 Å². The van der Waals surface area contributed by atoms with Gasteiger partial charge in [0.25, 0.3) is 0 Å². The highest BCUT2D eigenvalue weighted by Gasteiger charge is 2.61. The van der Waals surface area contributed by atoms with Gasteiger partial charge in [0.05, 0.1) is 0 Å². The molecule has 1 heteroatoms. The molecular formula is C16H29N. The van der Waals surface area contributed by atoms with Crippen LogP contribution in [0.4, 0.5) is 0 Å². The van der Waals surface area contributed by atoms with Gasteiger partial charge in [0, 0.05) is 6.04 Å². The zero-order chi connectivity index (χ0) is 12.0. The lowest BCUT2D eigenvalue weighted by molar-refractivity contribution is 0.0790. The second kappa shape index (κ2) is 4.26. The highest BCUT2D eigenvalue weighted by Crippen LogP contribution is 2.66. The van der Waals surface area contributed by atoms with Crippen LogP contribution in [0.5, 0.6) is 0 Å². The van der Waals surface area contributed by atoms with E-state index in [1.807, 2.05) is 0 Å². The lowest BCUT2D eigenvalue weighted by Gasteiger charge is -2.41. The van der Waals surface area contributed by atoms with Crippen LogP contribution in [0.2, 0.25) is 0 Å². The van der Waals surface area contributed by atoms with E-state index in [4.69, 9.17) is 0 Å². The summed E-state index contributed by atoms with van der Waals surface area (Å²) in [4.78, 5) is 2.85. The number of likely N-dealkylation sites (tertiary alicyclic amines) is 1. The molecule has 1 aliphatic heterocycles. The number of piperidine rings is 1. The van der Waals surface area contributed by atoms with Crippen LogP contribution in [0, 0.1) is 23.2 Å². The molecule has 0 amide bonds. The minimum atomic E-state index is 0.679. The molecule has 17 heavy (non-hydrogen) atoms. The monoisotopic (exact) mass is 235 g/mol. The van der Waals surface area contributed by atoms with E-state index in [-0.39, 0.29) is 0 Å². The Morgan fingerprint density at radius 1 is 1.00 bits per heavy atom. The van der Waals surface area contributed by atoms with E-state index in [9.17, 15) is 0 Å². The Balaban J connectivity index is 1.69. The van der Waals surface area contributed by atoms with Gasteiger partial charge in [-0.05, 0) is 61.9 Å². The summed E-state index contributed by atoms with van der Waals surface area (Å²) in [6, 6.07) is 0.934. The fourth-order valence-corrected chi connectivity index (χ4v) is 4.87. The first-order valence-electron chi connectivity index (χ1n) is 7.88. The maximum absolute atomic E-state index is 2.85. The van der Waals surface area contributed by atoms with Crippen LogP contribution in [-0.2, 0) is 0 Å². The third kappa shape index (κ3) is 1.95. The number of hydrogen-bond acceptors (Lipinski definition) is 1. The van der Waals surface area contributed by atoms with Crippen molar-refractivity contribution in [2.45, 2.75) is 65.3 Å². The van der Waals surface area contributed by atoms with E-state index < -0.39 is 0 Å². The molecule has 1 saturated heterocycles. The predicted octanol–water partition coefficient (Wildman–Crippen LogP) is 3.93. The van der Waals surface area contributed by atoms with Gasteiger partial charge in [-0.15, -0.1) is 0 Å². The van der Waals surface area contributed by atoms with Crippen LogP contribution in [0.3, 0.4) is 0 Å². The van der Waals surface area contributed by atoms with Crippen LogP contribution < -0.4 is 0 Å². The van der Waals surface area contributed by atoms with Crippen LogP contribution in [-0.4, -0.2) is 24.0 Å². The molecular weight excluding hydrogens is 206 g/mol. The van der Waals surface area contributed by atoms with Crippen LogP contribution in [0.25, 0.3) is 0 Å². The first kappa shape index (κ1) is 12.0. The van der Waals surface area contributed by atoms with Crippen molar-refractivity contribution in [2.75, 3.05) is 13.1 Å². The summed E-state index contributed by atoms with van der Waals surface area (Å²) >= 11 is 0. The molecule has 0 N–H and O–H groups in total. The van der Waals surface area contributed by atoms with Crippen molar-refractivity contribution >= 4 is 0 Å². The summed E-state index contributed by atoms with van der Waals surface area (Å²) in [7, 11) is 0. The van der Waals surface area contributed by atoms with E-state index in [1.165, 1.54) is 51.6 Å². The number of fused-ring (bicyclic) bond motifs is 1. The smallest absolute Gasteiger partial charge is 0.0126 e. The third-order valence-electron chi connectivity index (χ3n) is 6.27. The van der Waals surface area contributed by atoms with Crippen molar-refractivity contribution in [1.29, 1.82) is 0 Å². The standard InChI is InChI=1S/C16H29N/c1-4-12-10-13-14(16(13,2)3)11-15(12)17-8-6-5-7-9-17/h12-15H,4-11H2,1-3H3/t12?,13-,14+,15?/m0/s1. The Bertz CT molecular complexity index is 277. The van der Waals surface area contributed by atoms with E-state index in [0.717, 1.165) is 23.8 Å². The maximum atomic E-state index is 2.85. The average molecular weight is 235 g/mol. The molecule has 2 aliphatic carbocycles. The molecule has 2 unspecified atom stereocenters. The second-order valence-corrected chi connectivity index (χ2v) is 7.34. The Morgan fingerprint density at radius 2 is 1.65 bits per heavy atom. The Hall–Kier alpha value is -0.0400. The quantitative estimate of drug-likeness (QED) is 0.701. The van der Waals surface area contributed by atoms with Gasteiger partial charge in [-0.25, -0.2) is 0 Å². The lowest BCUT2D eigenvalue weighted by atomic mass is 9.81. The van der Waals surface area contributed by atoms with Gasteiger partial charge in [0.1, 0.15) is 0 Å². The van der Waals surface area contributed by atoms with Crippen molar-refractivity contribution in [1.82, 2.24) is 4.90 Å². The number of hydrogen-bond donors (Lipinski definition) is 0. The molecule has 98 valence electrons. The number of rotatable bonds is 2. The van der Waals surface area contributed by atoms with Crippen LogP contribution in [0.1, 0.15) is 59.3 Å². The van der Waals surface area contributed by atoms with Gasteiger partial charge in [0.2, 0.25) is 0 Å². The van der Waals surface area contributed by atoms with Gasteiger partial charge in [0.15, 0.2) is 0 Å². The molecule has 0 aromatic heterocycles. The van der Waals surface area contributed by atoms with Crippen molar-refractivity contribution < 1.29 is 0 Å². The molecule has 3 aliphatic rings. The first-order valence-corrected chi connectivity index (χ1v) is 7.88. The van der Waals surface area contributed by atoms with E-state index in [1.54, 1.807) is 0 Å². The van der Waals surface area contributed by atoms with Crippen LogP contribution >= 0.6 is 0 Å². The average Bonchev–Trinajstić information content (AvgIpc) is 2.91. The highest BCUT2D eigenvalue weighted by atomic mass is 15.2. The molecule has 0 spiro atoms.